The van der Waals surface area contributed by atoms with Gasteiger partial charge in [-0.1, -0.05) is 0 Å². The average Bonchev–Trinajstić information content (AvgIpc) is 3.64. The molecule has 77 heavy (non-hydrogen) atoms. The van der Waals surface area contributed by atoms with E-state index in [4.69, 9.17) is 66.3 Å². The average molecular weight is 1130 g/mol. The third-order valence-corrected chi connectivity index (χ3v) is 15.0. The molecule has 17 aliphatic rings. The minimum absolute atomic E-state index is 0.640. The van der Waals surface area contributed by atoms with Gasteiger partial charge in [-0.15, -0.1) is 0 Å². The molecular weight excluding hydrogens is 1060 g/mol. The van der Waals surface area contributed by atoms with Gasteiger partial charge in [0.05, 0.1) is 58.5 Å². The van der Waals surface area contributed by atoms with Crippen LogP contribution >= 0.6 is 0 Å². The molecule has 0 aromatic heterocycles. The van der Waals surface area contributed by atoms with Gasteiger partial charge in [0.25, 0.3) is 0 Å². The van der Waals surface area contributed by atoms with Crippen LogP contribution in [0, 0.1) is 5.92 Å². The highest BCUT2D eigenvalue weighted by Gasteiger charge is 2.59. The zero-order chi connectivity index (χ0) is 56.1. The Bertz CT molecular complexity index is 1850. The van der Waals surface area contributed by atoms with E-state index in [2.05, 4.69) is 0 Å². The highest BCUT2D eigenvalue weighted by Crippen LogP contribution is 2.40. The standard InChI is InChI=1S/C43H72O34/c1-10-30-18(51)26(59)39(66-10)75-34-15(5-46)67-40(27(60)22(34)55)73-32-13(50)9-65-38(25(58)20(32)53)72-31-11(3-44)8-64-37(24(57)19(31)52)74-33-14(4-45)68-41(28(61)21(33)54)76-35-16(6-47)69-42(29(62)23(35)56)77-43(63)2-12(49)36(71-30)70-17(43)7-48/h10-42,44-63H,2-9H2,1H3/t10?,11?,12?,13?,14?,15?,16-,17?,18?,19?,20?,21?,22?,23-,24?,25?,26?,27?,28?,29?,30-,31-,32-,33-,34-,35-,36+,37-,38-,39+,40-,41-,42+,43?/m1/s1. The van der Waals surface area contributed by atoms with Gasteiger partial charge in [-0.2, -0.15) is 0 Å². The Hall–Kier alpha value is -1.36. The van der Waals surface area contributed by atoms with Crippen LogP contribution in [0.2, 0.25) is 0 Å². The minimum Gasteiger partial charge on any atom is -0.396 e. The molecule has 17 heterocycles. The number of aliphatic hydroxyl groups excluding tert-OH is 19. The van der Waals surface area contributed by atoms with Gasteiger partial charge in [-0.05, 0) is 6.92 Å². The Morgan fingerprint density at radius 2 is 0.714 bits per heavy atom. The summed E-state index contributed by atoms with van der Waals surface area (Å²) >= 11 is 0. The van der Waals surface area contributed by atoms with Gasteiger partial charge < -0.3 is 168 Å². The summed E-state index contributed by atoms with van der Waals surface area (Å²) in [4.78, 5) is 0. The number of hydrogen-bond donors (Lipinski definition) is 20. The van der Waals surface area contributed by atoms with Crippen LogP contribution in [-0.4, -0.2) is 351 Å². The summed E-state index contributed by atoms with van der Waals surface area (Å²) < 4.78 is 79.7. The summed E-state index contributed by atoms with van der Waals surface area (Å²) in [6.45, 7) is -5.22. The Balaban J connectivity index is 1.07. The Labute approximate surface area is 435 Å². The summed E-state index contributed by atoms with van der Waals surface area (Å²) in [7, 11) is 0. The first-order valence-electron chi connectivity index (χ1n) is 24.9. The first-order chi connectivity index (χ1) is 36.5. The first-order valence-corrected chi connectivity index (χ1v) is 24.9. The van der Waals surface area contributed by atoms with Crippen LogP contribution in [0.5, 0.6) is 0 Å². The quantitative estimate of drug-likeness (QED) is 0.122. The Morgan fingerprint density at radius 1 is 0.338 bits per heavy atom. The summed E-state index contributed by atoms with van der Waals surface area (Å²) in [5, 5.41) is 222. The third kappa shape index (κ3) is 12.3. The van der Waals surface area contributed by atoms with Crippen LogP contribution < -0.4 is 0 Å². The number of hydrogen-bond acceptors (Lipinski definition) is 34. The monoisotopic (exact) mass is 1130 g/mol. The summed E-state index contributed by atoms with van der Waals surface area (Å²) in [5.41, 5.74) is 0. The molecule has 17 aliphatic heterocycles. The van der Waals surface area contributed by atoms with Gasteiger partial charge in [0.2, 0.25) is 0 Å². The smallest absolute Gasteiger partial charge is 0.200 e. The molecule has 17 saturated heterocycles. The van der Waals surface area contributed by atoms with Crippen molar-refractivity contribution in [3.05, 3.63) is 0 Å². The van der Waals surface area contributed by atoms with Crippen molar-refractivity contribution in [2.45, 2.75) is 216 Å². The van der Waals surface area contributed by atoms with E-state index in [1.807, 2.05) is 0 Å². The van der Waals surface area contributed by atoms with Crippen LogP contribution in [0.3, 0.4) is 0 Å². The molecule has 0 amide bonds. The zero-order valence-corrected chi connectivity index (χ0v) is 40.9. The maximum atomic E-state index is 11.7. The molecule has 14 bridgehead atoms. The van der Waals surface area contributed by atoms with Gasteiger partial charge in [-0.25, -0.2) is 0 Å². The maximum absolute atomic E-state index is 11.7. The summed E-state index contributed by atoms with van der Waals surface area (Å²) in [6, 6.07) is 0. The fourth-order valence-electron chi connectivity index (χ4n) is 10.5. The van der Waals surface area contributed by atoms with Crippen molar-refractivity contribution < 1.29 is 168 Å². The van der Waals surface area contributed by atoms with Crippen molar-refractivity contribution in [3.63, 3.8) is 0 Å². The molecule has 19 unspecified atom stereocenters. The van der Waals surface area contributed by atoms with Gasteiger partial charge in [0.15, 0.2) is 49.8 Å². The second kappa shape index (κ2) is 25.6. The van der Waals surface area contributed by atoms with E-state index in [1.165, 1.54) is 6.92 Å². The number of rotatable bonds is 5. The van der Waals surface area contributed by atoms with Crippen molar-refractivity contribution >= 4 is 0 Å². The second-order valence-electron chi connectivity index (χ2n) is 20.2. The predicted molar refractivity (Wildman–Crippen MR) is 231 cm³/mol. The van der Waals surface area contributed by atoms with Crippen LogP contribution in [-0.2, 0) is 66.3 Å². The molecule has 34 atom stereocenters. The van der Waals surface area contributed by atoms with E-state index in [0.29, 0.717) is 0 Å². The van der Waals surface area contributed by atoms with E-state index in [-0.39, 0.29) is 0 Å². The van der Waals surface area contributed by atoms with Crippen molar-refractivity contribution in [2.75, 3.05) is 46.2 Å². The molecule has 34 nitrogen and oxygen atoms in total. The zero-order valence-electron chi connectivity index (χ0n) is 40.9. The van der Waals surface area contributed by atoms with E-state index < -0.39 is 261 Å². The van der Waals surface area contributed by atoms with E-state index in [1.54, 1.807) is 0 Å². The lowest BCUT2D eigenvalue weighted by molar-refractivity contribution is -0.430. The minimum atomic E-state index is -2.81. The molecule has 17 fully saturated rings. The van der Waals surface area contributed by atoms with Gasteiger partial charge >= 0.3 is 0 Å². The molecule has 0 saturated carbocycles. The van der Waals surface area contributed by atoms with Crippen molar-refractivity contribution in [3.8, 4) is 0 Å². The molecule has 0 spiro atoms. The fourth-order valence-corrected chi connectivity index (χ4v) is 10.5. The van der Waals surface area contributed by atoms with E-state index >= 15 is 0 Å². The summed E-state index contributed by atoms with van der Waals surface area (Å²) in [5.74, 6) is -4.13. The lowest BCUT2D eigenvalue weighted by atomic mass is 9.95. The molecular formula is C43H72O34. The van der Waals surface area contributed by atoms with Crippen LogP contribution in [0.25, 0.3) is 0 Å². The number of ether oxygens (including phenoxy) is 14. The van der Waals surface area contributed by atoms with Crippen molar-refractivity contribution in [2.24, 2.45) is 5.92 Å². The molecule has 0 aliphatic carbocycles. The molecule has 20 N–H and O–H groups in total. The molecule has 0 aromatic carbocycles. The SMILES string of the molecule is CC1O[C@H]2O[C@@H]3C(CO)O[C@H](O[C@@H]4C(O)CO[C@H](O[C@@H]5C(CO)CO[C@H](O[C@@H]6C(CO)O[C@H](O[C@H]7[C@H](O)C(O)[C@@H](O[C@@H]7CO)OC7(O)CC(O)[C@@H](OC7CO)O[C@H]1C(O)C2O)C(O)C6O)C(O)C5O)C(O)C4O)C(O)C3O. The molecule has 448 valence electrons. The third-order valence-electron chi connectivity index (χ3n) is 15.0. The highest BCUT2D eigenvalue weighted by molar-refractivity contribution is 5.00. The van der Waals surface area contributed by atoms with E-state index in [9.17, 15) is 102 Å². The Morgan fingerprint density at radius 3 is 1.21 bits per heavy atom. The fraction of sp³-hybridized carbons (Fsp3) is 1.00. The van der Waals surface area contributed by atoms with Crippen LogP contribution in [0.4, 0.5) is 0 Å². The van der Waals surface area contributed by atoms with Crippen molar-refractivity contribution in [1.29, 1.82) is 0 Å². The maximum Gasteiger partial charge on any atom is 0.200 e. The number of aliphatic hydroxyl groups is 20. The van der Waals surface area contributed by atoms with Crippen LogP contribution in [0.15, 0.2) is 0 Å². The topological polar surface area (TPSA) is 534 Å². The highest BCUT2D eigenvalue weighted by atomic mass is 16.8. The van der Waals surface area contributed by atoms with Gasteiger partial charge in [0, 0.05) is 12.3 Å². The van der Waals surface area contributed by atoms with E-state index in [0.717, 1.165) is 0 Å². The first kappa shape index (κ1) is 61.7. The van der Waals surface area contributed by atoms with Gasteiger partial charge in [-0.3, -0.25) is 0 Å². The largest absolute Gasteiger partial charge is 0.396 e. The lowest BCUT2D eigenvalue weighted by Gasteiger charge is -2.50. The van der Waals surface area contributed by atoms with Crippen LogP contribution in [0.1, 0.15) is 13.3 Å². The van der Waals surface area contributed by atoms with Gasteiger partial charge in [0.1, 0.15) is 140 Å². The normalized spacial score (nSPS) is 55.7. The summed E-state index contributed by atoms with van der Waals surface area (Å²) in [6.07, 6.45) is -63.9. The second-order valence-corrected chi connectivity index (χ2v) is 20.2. The molecule has 34 heteroatoms. The lowest BCUT2D eigenvalue weighted by Crippen LogP contribution is -2.68. The molecule has 0 aromatic rings. The Kier molecular flexibility index (Phi) is 20.5. The van der Waals surface area contributed by atoms with Crippen molar-refractivity contribution in [1.82, 2.24) is 0 Å². The predicted octanol–water partition coefficient (Wildman–Crippen LogP) is -13.6. The molecule has 0 radical (unpaired) electrons. The molecule has 17 rings (SSSR count).